The molecule has 4 nitrogen and oxygen atoms in total. The van der Waals surface area contributed by atoms with Crippen molar-refractivity contribution in [3.63, 3.8) is 0 Å². The molecule has 0 aromatic rings. The number of likely N-dealkylation sites (tertiary alicyclic amines) is 1. The van der Waals surface area contributed by atoms with E-state index in [4.69, 9.17) is 5.11 Å². The first-order chi connectivity index (χ1) is 8.69. The number of carbonyl (C=O) groups is 1. The van der Waals surface area contributed by atoms with Gasteiger partial charge in [-0.1, -0.05) is 6.92 Å². The van der Waals surface area contributed by atoms with Crippen LogP contribution in [0.5, 0.6) is 0 Å². The molecule has 1 unspecified atom stereocenters. The molecule has 2 N–H and O–H groups in total. The van der Waals surface area contributed by atoms with Crippen LogP contribution in [0.1, 0.15) is 39.0 Å². The lowest BCUT2D eigenvalue weighted by molar-refractivity contribution is -0.142. The molecular weight excluding hydrogens is 228 g/mol. The zero-order valence-electron chi connectivity index (χ0n) is 11.4. The minimum atomic E-state index is -0.608. The van der Waals surface area contributed by atoms with E-state index in [-0.39, 0.29) is 5.92 Å². The highest BCUT2D eigenvalue weighted by Gasteiger charge is 2.27. The van der Waals surface area contributed by atoms with Crippen molar-refractivity contribution in [1.29, 1.82) is 0 Å². The summed E-state index contributed by atoms with van der Waals surface area (Å²) in [5.41, 5.74) is 0. The highest BCUT2D eigenvalue weighted by atomic mass is 16.4. The first kappa shape index (κ1) is 13.8. The third-order valence-corrected chi connectivity index (χ3v) is 4.59. The van der Waals surface area contributed by atoms with Gasteiger partial charge in [-0.15, -0.1) is 0 Å². The Morgan fingerprint density at radius 3 is 2.56 bits per heavy atom. The molecule has 1 saturated heterocycles. The topological polar surface area (TPSA) is 52.6 Å². The standard InChI is InChI=1S/C14H26N2O2/c1-2-16-8-7-11(10-16)9-15-13-5-3-12(4-6-13)14(17)18/h11-13,15H,2-10H2,1H3,(H,17,18). The second-order valence-corrected chi connectivity index (χ2v) is 5.84. The SMILES string of the molecule is CCN1CCC(CNC2CCC(C(=O)O)CC2)C1. The van der Waals surface area contributed by atoms with Gasteiger partial charge in [0.1, 0.15) is 0 Å². The highest BCUT2D eigenvalue weighted by molar-refractivity contribution is 5.70. The quantitative estimate of drug-likeness (QED) is 0.782. The number of hydrogen-bond acceptors (Lipinski definition) is 3. The lowest BCUT2D eigenvalue weighted by atomic mass is 9.86. The molecule has 0 bridgehead atoms. The van der Waals surface area contributed by atoms with Gasteiger partial charge >= 0.3 is 5.97 Å². The third kappa shape index (κ3) is 3.69. The summed E-state index contributed by atoms with van der Waals surface area (Å²) in [6, 6.07) is 0.552. The maximum atomic E-state index is 10.9. The lowest BCUT2D eigenvalue weighted by Gasteiger charge is -2.28. The normalized spacial score (nSPS) is 33.7. The molecule has 1 aliphatic carbocycles. The third-order valence-electron chi connectivity index (χ3n) is 4.59. The van der Waals surface area contributed by atoms with E-state index < -0.39 is 5.97 Å². The number of carboxylic acid groups (broad SMARTS) is 1. The summed E-state index contributed by atoms with van der Waals surface area (Å²) in [5.74, 6) is 0.0927. The molecule has 0 aromatic carbocycles. The predicted octanol–water partition coefficient (Wildman–Crippen LogP) is 1.56. The van der Waals surface area contributed by atoms with Crippen LogP contribution < -0.4 is 5.32 Å². The Balaban J connectivity index is 1.62. The zero-order chi connectivity index (χ0) is 13.0. The van der Waals surface area contributed by atoms with Crippen molar-refractivity contribution in [3.05, 3.63) is 0 Å². The number of nitrogens with zero attached hydrogens (tertiary/aromatic N) is 1. The van der Waals surface area contributed by atoms with Gasteiger partial charge in [-0.25, -0.2) is 0 Å². The summed E-state index contributed by atoms with van der Waals surface area (Å²) in [6.07, 6.45) is 5.06. The average molecular weight is 254 g/mol. The van der Waals surface area contributed by atoms with E-state index in [1.807, 2.05) is 0 Å². The Kier molecular flexibility index (Phi) is 5.01. The minimum absolute atomic E-state index is 0.0925. The van der Waals surface area contributed by atoms with E-state index in [1.165, 1.54) is 26.1 Å². The van der Waals surface area contributed by atoms with Gasteiger partial charge in [0.25, 0.3) is 0 Å². The minimum Gasteiger partial charge on any atom is -0.481 e. The van der Waals surface area contributed by atoms with Crippen LogP contribution in [-0.2, 0) is 4.79 Å². The maximum absolute atomic E-state index is 10.9. The van der Waals surface area contributed by atoms with Crippen molar-refractivity contribution < 1.29 is 9.90 Å². The second-order valence-electron chi connectivity index (χ2n) is 5.84. The van der Waals surface area contributed by atoms with E-state index in [0.717, 1.165) is 38.1 Å². The molecule has 1 saturated carbocycles. The van der Waals surface area contributed by atoms with Crippen LogP contribution in [0.3, 0.4) is 0 Å². The van der Waals surface area contributed by atoms with Gasteiger partial charge < -0.3 is 15.3 Å². The molecule has 104 valence electrons. The fourth-order valence-electron chi connectivity index (χ4n) is 3.24. The molecule has 1 aliphatic heterocycles. The van der Waals surface area contributed by atoms with Crippen LogP contribution in [0.2, 0.25) is 0 Å². The van der Waals surface area contributed by atoms with Gasteiger partial charge in [0.2, 0.25) is 0 Å². The monoisotopic (exact) mass is 254 g/mol. The molecule has 4 heteroatoms. The summed E-state index contributed by atoms with van der Waals surface area (Å²) in [7, 11) is 0. The number of aliphatic carboxylic acids is 1. The Bertz CT molecular complexity index is 275. The van der Waals surface area contributed by atoms with Crippen molar-refractivity contribution >= 4 is 5.97 Å². The summed E-state index contributed by atoms with van der Waals surface area (Å²) in [4.78, 5) is 13.4. The van der Waals surface area contributed by atoms with E-state index in [1.54, 1.807) is 0 Å². The van der Waals surface area contributed by atoms with E-state index in [0.29, 0.717) is 6.04 Å². The Labute approximate surface area is 110 Å². The van der Waals surface area contributed by atoms with Crippen LogP contribution in [0.15, 0.2) is 0 Å². The number of rotatable bonds is 5. The van der Waals surface area contributed by atoms with Crippen LogP contribution in [0.4, 0.5) is 0 Å². The van der Waals surface area contributed by atoms with E-state index in [9.17, 15) is 4.79 Å². The summed E-state index contributed by atoms with van der Waals surface area (Å²) >= 11 is 0. The molecule has 0 amide bonds. The van der Waals surface area contributed by atoms with E-state index >= 15 is 0 Å². The molecule has 0 radical (unpaired) electrons. The Morgan fingerprint density at radius 1 is 1.28 bits per heavy atom. The van der Waals surface area contributed by atoms with Crippen LogP contribution >= 0.6 is 0 Å². The molecule has 18 heavy (non-hydrogen) atoms. The van der Waals surface area contributed by atoms with Crippen molar-refractivity contribution in [1.82, 2.24) is 10.2 Å². The fourth-order valence-corrected chi connectivity index (χ4v) is 3.24. The molecule has 1 heterocycles. The first-order valence-corrected chi connectivity index (χ1v) is 7.37. The Morgan fingerprint density at radius 2 is 2.00 bits per heavy atom. The van der Waals surface area contributed by atoms with Crippen LogP contribution in [0.25, 0.3) is 0 Å². The number of nitrogens with one attached hydrogen (secondary N) is 1. The largest absolute Gasteiger partial charge is 0.481 e. The maximum Gasteiger partial charge on any atom is 0.306 e. The molecule has 1 atom stereocenters. The van der Waals surface area contributed by atoms with Crippen molar-refractivity contribution in [2.45, 2.75) is 45.1 Å². The highest BCUT2D eigenvalue weighted by Crippen LogP contribution is 2.25. The van der Waals surface area contributed by atoms with Crippen molar-refractivity contribution in [3.8, 4) is 0 Å². The van der Waals surface area contributed by atoms with Crippen molar-refractivity contribution in [2.75, 3.05) is 26.2 Å². The fraction of sp³-hybridized carbons (Fsp3) is 0.929. The van der Waals surface area contributed by atoms with Gasteiger partial charge in [0.05, 0.1) is 5.92 Å². The summed E-state index contributed by atoms with van der Waals surface area (Å²) in [5, 5.41) is 12.6. The van der Waals surface area contributed by atoms with Gasteiger partial charge in [0.15, 0.2) is 0 Å². The Hall–Kier alpha value is -0.610. The molecule has 0 aromatic heterocycles. The van der Waals surface area contributed by atoms with Gasteiger partial charge in [-0.2, -0.15) is 0 Å². The van der Waals surface area contributed by atoms with Gasteiger partial charge in [0, 0.05) is 12.6 Å². The van der Waals surface area contributed by atoms with Crippen molar-refractivity contribution in [2.24, 2.45) is 11.8 Å². The van der Waals surface area contributed by atoms with Gasteiger partial charge in [-0.05, 0) is 57.7 Å². The first-order valence-electron chi connectivity index (χ1n) is 7.37. The number of hydrogen-bond donors (Lipinski definition) is 2. The van der Waals surface area contributed by atoms with Gasteiger partial charge in [-0.3, -0.25) is 4.79 Å². The molecule has 2 aliphatic rings. The smallest absolute Gasteiger partial charge is 0.306 e. The molecule has 2 fully saturated rings. The van der Waals surface area contributed by atoms with Crippen LogP contribution in [-0.4, -0.2) is 48.2 Å². The second kappa shape index (κ2) is 6.53. The molecule has 2 rings (SSSR count). The van der Waals surface area contributed by atoms with Crippen LogP contribution in [0, 0.1) is 11.8 Å². The average Bonchev–Trinajstić information content (AvgIpc) is 2.85. The summed E-state index contributed by atoms with van der Waals surface area (Å²) < 4.78 is 0. The zero-order valence-corrected chi connectivity index (χ0v) is 11.4. The molecular formula is C14H26N2O2. The predicted molar refractivity (Wildman–Crippen MR) is 71.6 cm³/mol. The number of carboxylic acids is 1. The lowest BCUT2D eigenvalue weighted by Crippen LogP contribution is -2.38. The van der Waals surface area contributed by atoms with E-state index in [2.05, 4.69) is 17.1 Å². The molecule has 0 spiro atoms. The summed E-state index contributed by atoms with van der Waals surface area (Å²) in [6.45, 7) is 6.98.